The van der Waals surface area contributed by atoms with E-state index in [0.29, 0.717) is 29.0 Å². The summed E-state index contributed by atoms with van der Waals surface area (Å²) >= 11 is 1.26. The summed E-state index contributed by atoms with van der Waals surface area (Å²) in [7, 11) is 0. The molecule has 0 N–H and O–H groups in total. The maximum atomic E-state index is 12.0. The quantitative estimate of drug-likeness (QED) is 0.793. The van der Waals surface area contributed by atoms with Crippen LogP contribution < -0.4 is 0 Å². The highest BCUT2D eigenvalue weighted by Crippen LogP contribution is 2.28. The number of hydrogen-bond acceptors (Lipinski definition) is 6. The van der Waals surface area contributed by atoms with Crippen LogP contribution >= 0.6 is 11.3 Å². The zero-order chi connectivity index (χ0) is 15.4. The van der Waals surface area contributed by atoms with Gasteiger partial charge in [-0.25, -0.2) is 9.59 Å². The molecule has 0 spiro atoms. The van der Waals surface area contributed by atoms with Gasteiger partial charge >= 0.3 is 11.9 Å². The van der Waals surface area contributed by atoms with Gasteiger partial charge in [0.15, 0.2) is 0 Å². The topological polar surface area (TPSA) is 65.5 Å². The number of hydrogen-bond donors (Lipinski definition) is 0. The van der Waals surface area contributed by atoms with Gasteiger partial charge in [0.05, 0.1) is 23.5 Å². The average molecular weight is 307 g/mol. The van der Waals surface area contributed by atoms with Crippen LogP contribution in [0.25, 0.3) is 10.1 Å². The Balaban J connectivity index is 2.31. The molecule has 112 valence electrons. The summed E-state index contributed by atoms with van der Waals surface area (Å²) in [4.78, 5) is 28.3. The van der Waals surface area contributed by atoms with Gasteiger partial charge in [-0.2, -0.15) is 0 Å². The molecule has 0 aliphatic heterocycles. The van der Waals surface area contributed by atoms with Crippen LogP contribution in [0, 0.1) is 5.92 Å². The second kappa shape index (κ2) is 6.67. The van der Waals surface area contributed by atoms with Crippen LogP contribution in [0.15, 0.2) is 18.5 Å². The third-order valence-corrected chi connectivity index (χ3v) is 3.74. The predicted octanol–water partition coefficient (Wildman–Crippen LogP) is 3.29. The molecule has 0 saturated heterocycles. The van der Waals surface area contributed by atoms with E-state index >= 15 is 0 Å². The van der Waals surface area contributed by atoms with Gasteiger partial charge in [-0.15, -0.1) is 11.3 Å². The first-order chi connectivity index (χ1) is 10.0. The molecular weight excluding hydrogens is 290 g/mol. The van der Waals surface area contributed by atoms with Crippen LogP contribution in [0.2, 0.25) is 0 Å². The number of aromatic nitrogens is 1. The second-order valence-electron chi connectivity index (χ2n) is 4.92. The Morgan fingerprint density at radius 2 is 2.00 bits per heavy atom. The fraction of sp³-hybridized carbons (Fsp3) is 0.400. The van der Waals surface area contributed by atoms with E-state index < -0.39 is 5.97 Å². The molecule has 0 amide bonds. The van der Waals surface area contributed by atoms with E-state index in [4.69, 9.17) is 9.47 Å². The molecule has 0 radical (unpaired) electrons. The van der Waals surface area contributed by atoms with E-state index in [9.17, 15) is 9.59 Å². The molecule has 0 unspecified atom stereocenters. The zero-order valence-electron chi connectivity index (χ0n) is 12.2. The van der Waals surface area contributed by atoms with Gasteiger partial charge in [-0.1, -0.05) is 13.8 Å². The monoisotopic (exact) mass is 307 g/mol. The minimum Gasteiger partial charge on any atom is -0.462 e. The first-order valence-electron chi connectivity index (χ1n) is 6.74. The lowest BCUT2D eigenvalue weighted by Gasteiger charge is -2.04. The van der Waals surface area contributed by atoms with Crippen LogP contribution in [0.5, 0.6) is 0 Å². The highest BCUT2D eigenvalue weighted by atomic mass is 32.1. The number of ether oxygens (including phenoxy) is 2. The largest absolute Gasteiger partial charge is 0.462 e. The average Bonchev–Trinajstić information content (AvgIpc) is 2.88. The van der Waals surface area contributed by atoms with Crippen molar-refractivity contribution in [1.82, 2.24) is 4.98 Å². The van der Waals surface area contributed by atoms with Crippen molar-refractivity contribution in [2.45, 2.75) is 20.8 Å². The number of thiophene rings is 1. The molecule has 6 heteroatoms. The number of rotatable bonds is 5. The van der Waals surface area contributed by atoms with Crippen molar-refractivity contribution in [2.24, 2.45) is 5.92 Å². The normalized spacial score (nSPS) is 10.9. The lowest BCUT2D eigenvalue weighted by atomic mass is 10.2. The van der Waals surface area contributed by atoms with Crippen molar-refractivity contribution in [3.05, 3.63) is 28.9 Å². The highest BCUT2D eigenvalue weighted by molar-refractivity contribution is 7.20. The molecule has 2 aromatic heterocycles. The maximum absolute atomic E-state index is 12.0. The third kappa shape index (κ3) is 3.58. The molecule has 5 nitrogen and oxygen atoms in total. The summed E-state index contributed by atoms with van der Waals surface area (Å²) in [5.74, 6) is -0.532. The number of pyridine rings is 1. The van der Waals surface area contributed by atoms with Crippen LogP contribution in [-0.2, 0) is 9.47 Å². The van der Waals surface area contributed by atoms with Crippen molar-refractivity contribution in [1.29, 1.82) is 0 Å². The van der Waals surface area contributed by atoms with E-state index in [0.717, 1.165) is 4.70 Å². The minimum absolute atomic E-state index is 0.278. The lowest BCUT2D eigenvalue weighted by Crippen LogP contribution is -2.08. The zero-order valence-corrected chi connectivity index (χ0v) is 13.0. The van der Waals surface area contributed by atoms with Crippen molar-refractivity contribution >= 4 is 33.4 Å². The molecular formula is C15H17NO4S. The number of carbonyl (C=O) groups excluding carboxylic acids is 2. The summed E-state index contributed by atoms with van der Waals surface area (Å²) in [5, 5.41) is 0.671. The molecule has 2 heterocycles. The first-order valence-corrected chi connectivity index (χ1v) is 7.56. The number of esters is 2. The van der Waals surface area contributed by atoms with Crippen molar-refractivity contribution < 1.29 is 19.1 Å². The summed E-state index contributed by atoms with van der Waals surface area (Å²) < 4.78 is 11.0. The Morgan fingerprint density at radius 1 is 1.24 bits per heavy atom. The number of nitrogens with zero attached hydrogens (tertiary/aromatic N) is 1. The van der Waals surface area contributed by atoms with E-state index in [1.807, 2.05) is 13.8 Å². The Labute approximate surface area is 126 Å². The molecule has 0 aromatic carbocycles. The van der Waals surface area contributed by atoms with Crippen molar-refractivity contribution in [3.63, 3.8) is 0 Å². The van der Waals surface area contributed by atoms with Gasteiger partial charge in [-0.05, 0) is 18.9 Å². The lowest BCUT2D eigenvalue weighted by molar-refractivity contribution is 0.0463. The molecule has 2 rings (SSSR count). The van der Waals surface area contributed by atoms with E-state index in [1.165, 1.54) is 17.5 Å². The molecule has 0 saturated carbocycles. The Bertz CT molecular complexity index is 663. The van der Waals surface area contributed by atoms with Crippen LogP contribution in [0.4, 0.5) is 0 Å². The molecule has 21 heavy (non-hydrogen) atoms. The molecule has 0 aliphatic carbocycles. The summed E-state index contributed by atoms with van der Waals surface area (Å²) in [6.07, 6.45) is 3.08. The Hall–Kier alpha value is -1.95. The molecule has 0 fully saturated rings. The second-order valence-corrected chi connectivity index (χ2v) is 6.01. The molecule has 0 atom stereocenters. The first kappa shape index (κ1) is 15.4. The fourth-order valence-corrected chi connectivity index (χ4v) is 2.69. The molecule has 0 aliphatic rings. The van der Waals surface area contributed by atoms with Gasteiger partial charge < -0.3 is 9.47 Å². The highest BCUT2D eigenvalue weighted by Gasteiger charge is 2.18. The Kier molecular flexibility index (Phi) is 4.90. The number of fused-ring (bicyclic) bond motifs is 1. The summed E-state index contributed by atoms with van der Waals surface area (Å²) in [5.41, 5.74) is 0.369. The molecule has 2 aromatic rings. The van der Waals surface area contributed by atoms with Gasteiger partial charge in [0, 0.05) is 17.8 Å². The Morgan fingerprint density at radius 3 is 2.67 bits per heavy atom. The van der Waals surface area contributed by atoms with E-state index in [-0.39, 0.29) is 11.9 Å². The van der Waals surface area contributed by atoms with Crippen LogP contribution in [-0.4, -0.2) is 30.1 Å². The summed E-state index contributed by atoms with van der Waals surface area (Å²) in [6, 6.07) is 1.66. The summed E-state index contributed by atoms with van der Waals surface area (Å²) in [6.45, 7) is 6.36. The van der Waals surface area contributed by atoms with E-state index in [2.05, 4.69) is 4.98 Å². The smallest absolute Gasteiger partial charge is 0.348 e. The van der Waals surface area contributed by atoms with Gasteiger partial charge in [-0.3, -0.25) is 4.98 Å². The SMILES string of the molecule is CCOC(=O)c1cncc2sc(C(=O)OCC(C)C)cc12. The fourth-order valence-electron chi connectivity index (χ4n) is 1.75. The standard InChI is InChI=1S/C15H17NO4S/c1-4-19-14(17)11-6-16-7-13-10(11)5-12(21-13)15(18)20-8-9(2)3/h5-7,9H,4,8H2,1-3H3. The maximum Gasteiger partial charge on any atom is 0.348 e. The van der Waals surface area contributed by atoms with Gasteiger partial charge in [0.25, 0.3) is 0 Å². The minimum atomic E-state index is -0.435. The third-order valence-electron chi connectivity index (χ3n) is 2.69. The molecule has 0 bridgehead atoms. The van der Waals surface area contributed by atoms with Crippen LogP contribution in [0.3, 0.4) is 0 Å². The van der Waals surface area contributed by atoms with Crippen molar-refractivity contribution in [2.75, 3.05) is 13.2 Å². The van der Waals surface area contributed by atoms with Crippen LogP contribution in [0.1, 0.15) is 40.8 Å². The number of carbonyl (C=O) groups is 2. The predicted molar refractivity (Wildman–Crippen MR) is 80.7 cm³/mol. The van der Waals surface area contributed by atoms with Gasteiger partial charge in [0.1, 0.15) is 4.88 Å². The van der Waals surface area contributed by atoms with Crippen molar-refractivity contribution in [3.8, 4) is 0 Å². The van der Waals surface area contributed by atoms with E-state index in [1.54, 1.807) is 19.2 Å². The van der Waals surface area contributed by atoms with Gasteiger partial charge in [0.2, 0.25) is 0 Å².